The third-order valence-corrected chi connectivity index (χ3v) is 5.10. The average molecular weight is 268 g/mol. The molecule has 3 heteroatoms. The minimum absolute atomic E-state index is 0.424. The minimum atomic E-state index is 0.424. The predicted octanol–water partition coefficient (Wildman–Crippen LogP) is 2.50. The van der Waals surface area contributed by atoms with Gasteiger partial charge in [0.25, 0.3) is 0 Å². The van der Waals surface area contributed by atoms with E-state index in [1.807, 2.05) is 0 Å². The maximum atomic E-state index is 6.33. The van der Waals surface area contributed by atoms with Gasteiger partial charge in [-0.15, -0.1) is 0 Å². The average Bonchev–Trinajstić information content (AvgIpc) is 2.42. The van der Waals surface area contributed by atoms with Crippen molar-refractivity contribution in [3.8, 4) is 0 Å². The molecule has 0 aromatic rings. The summed E-state index contributed by atoms with van der Waals surface area (Å²) in [6.45, 7) is 6.60. The quantitative estimate of drug-likeness (QED) is 0.832. The van der Waals surface area contributed by atoms with Gasteiger partial charge in [-0.3, -0.25) is 0 Å². The van der Waals surface area contributed by atoms with Crippen molar-refractivity contribution in [3.63, 3.8) is 0 Å². The van der Waals surface area contributed by atoms with E-state index < -0.39 is 0 Å². The highest BCUT2D eigenvalue weighted by molar-refractivity contribution is 4.84. The van der Waals surface area contributed by atoms with Crippen molar-refractivity contribution in [1.82, 2.24) is 4.90 Å². The molecule has 1 heterocycles. The highest BCUT2D eigenvalue weighted by atomic mass is 16.5. The van der Waals surface area contributed by atoms with Crippen LogP contribution in [0.25, 0.3) is 0 Å². The fourth-order valence-corrected chi connectivity index (χ4v) is 3.83. The molecule has 4 unspecified atom stereocenters. The maximum absolute atomic E-state index is 6.33. The summed E-state index contributed by atoms with van der Waals surface area (Å²) in [5.74, 6) is 2.35. The summed E-state index contributed by atoms with van der Waals surface area (Å²) in [5.41, 5.74) is 6.33. The number of rotatable bonds is 5. The van der Waals surface area contributed by atoms with Gasteiger partial charge in [0.15, 0.2) is 0 Å². The van der Waals surface area contributed by atoms with E-state index in [-0.39, 0.29) is 0 Å². The first-order chi connectivity index (χ1) is 9.19. The predicted molar refractivity (Wildman–Crippen MR) is 80.1 cm³/mol. The van der Waals surface area contributed by atoms with Crippen molar-refractivity contribution in [2.24, 2.45) is 23.5 Å². The molecule has 0 radical (unpaired) electrons. The highest BCUT2D eigenvalue weighted by Crippen LogP contribution is 2.31. The summed E-state index contributed by atoms with van der Waals surface area (Å²) in [7, 11) is 2.26. The van der Waals surface area contributed by atoms with Crippen LogP contribution in [0.1, 0.15) is 45.4 Å². The van der Waals surface area contributed by atoms with Gasteiger partial charge in [-0.05, 0) is 56.9 Å². The van der Waals surface area contributed by atoms with Crippen LogP contribution in [0.2, 0.25) is 0 Å². The second kappa shape index (κ2) is 7.61. The molecule has 1 aliphatic heterocycles. The molecule has 4 atom stereocenters. The number of hydrogen-bond acceptors (Lipinski definition) is 3. The zero-order valence-corrected chi connectivity index (χ0v) is 12.8. The van der Waals surface area contributed by atoms with Crippen LogP contribution in [-0.2, 0) is 4.74 Å². The number of nitrogens with two attached hydrogens (primary N) is 1. The lowest BCUT2D eigenvalue weighted by molar-refractivity contribution is 0.0378. The lowest BCUT2D eigenvalue weighted by atomic mass is 9.77. The largest absolute Gasteiger partial charge is 0.381 e. The molecule has 0 aromatic heterocycles. The second-order valence-corrected chi connectivity index (χ2v) is 6.82. The molecule has 0 aromatic carbocycles. The van der Waals surface area contributed by atoms with Crippen molar-refractivity contribution < 1.29 is 4.74 Å². The zero-order chi connectivity index (χ0) is 13.7. The number of nitrogens with zero attached hydrogens (tertiary/aromatic N) is 1. The Bertz CT molecular complexity index is 253. The Hall–Kier alpha value is -0.120. The SMILES string of the molecule is CCC1CCC(N)C(CN(C)CC2CCCOC2)C1. The topological polar surface area (TPSA) is 38.5 Å². The van der Waals surface area contributed by atoms with Crippen LogP contribution in [0.15, 0.2) is 0 Å². The van der Waals surface area contributed by atoms with Gasteiger partial charge in [0, 0.05) is 25.7 Å². The molecule has 3 nitrogen and oxygen atoms in total. The van der Waals surface area contributed by atoms with E-state index in [0.29, 0.717) is 12.0 Å². The Balaban J connectivity index is 1.74. The van der Waals surface area contributed by atoms with Crippen LogP contribution in [0.5, 0.6) is 0 Å². The molecule has 2 aliphatic rings. The molecule has 0 bridgehead atoms. The molecule has 1 saturated heterocycles. The van der Waals surface area contributed by atoms with E-state index in [0.717, 1.165) is 25.0 Å². The first-order valence-corrected chi connectivity index (χ1v) is 8.21. The molecule has 1 saturated carbocycles. The van der Waals surface area contributed by atoms with Crippen LogP contribution in [0.3, 0.4) is 0 Å². The van der Waals surface area contributed by atoms with Crippen LogP contribution < -0.4 is 5.73 Å². The zero-order valence-electron chi connectivity index (χ0n) is 12.8. The third kappa shape index (κ3) is 4.73. The summed E-state index contributed by atoms with van der Waals surface area (Å²) < 4.78 is 5.58. The molecule has 19 heavy (non-hydrogen) atoms. The van der Waals surface area contributed by atoms with E-state index >= 15 is 0 Å². The van der Waals surface area contributed by atoms with E-state index in [4.69, 9.17) is 10.5 Å². The van der Waals surface area contributed by atoms with Crippen molar-refractivity contribution in [2.75, 3.05) is 33.4 Å². The molecule has 112 valence electrons. The van der Waals surface area contributed by atoms with Crippen molar-refractivity contribution in [1.29, 1.82) is 0 Å². The monoisotopic (exact) mass is 268 g/mol. The summed E-state index contributed by atoms with van der Waals surface area (Å²) in [5, 5.41) is 0. The Kier molecular flexibility index (Phi) is 6.11. The van der Waals surface area contributed by atoms with Gasteiger partial charge in [-0.25, -0.2) is 0 Å². The van der Waals surface area contributed by atoms with E-state index in [1.54, 1.807) is 0 Å². The Morgan fingerprint density at radius 3 is 2.68 bits per heavy atom. The van der Waals surface area contributed by atoms with Crippen molar-refractivity contribution in [3.05, 3.63) is 0 Å². The first-order valence-electron chi connectivity index (χ1n) is 8.21. The second-order valence-electron chi connectivity index (χ2n) is 6.82. The Morgan fingerprint density at radius 1 is 1.16 bits per heavy atom. The summed E-state index contributed by atoms with van der Waals surface area (Å²) >= 11 is 0. The van der Waals surface area contributed by atoms with Gasteiger partial charge in [0.2, 0.25) is 0 Å². The molecular weight excluding hydrogens is 236 g/mol. The van der Waals surface area contributed by atoms with Gasteiger partial charge in [0.05, 0.1) is 6.61 Å². The highest BCUT2D eigenvalue weighted by Gasteiger charge is 2.28. The fraction of sp³-hybridized carbons (Fsp3) is 1.00. The molecule has 2 rings (SSSR count). The minimum Gasteiger partial charge on any atom is -0.381 e. The fourth-order valence-electron chi connectivity index (χ4n) is 3.83. The van der Waals surface area contributed by atoms with E-state index in [9.17, 15) is 0 Å². The number of ether oxygens (including phenoxy) is 1. The molecule has 0 amide bonds. The summed E-state index contributed by atoms with van der Waals surface area (Å²) in [6, 6.07) is 0.424. The Labute approximate surface area is 118 Å². The molecular formula is C16H32N2O. The summed E-state index contributed by atoms with van der Waals surface area (Å²) in [4.78, 5) is 2.50. The summed E-state index contributed by atoms with van der Waals surface area (Å²) in [6.07, 6.45) is 7.79. The van der Waals surface area contributed by atoms with Crippen LogP contribution >= 0.6 is 0 Å². The lowest BCUT2D eigenvalue weighted by Gasteiger charge is -2.37. The van der Waals surface area contributed by atoms with Crippen molar-refractivity contribution >= 4 is 0 Å². The van der Waals surface area contributed by atoms with Gasteiger partial charge < -0.3 is 15.4 Å². The van der Waals surface area contributed by atoms with Crippen LogP contribution in [0, 0.1) is 17.8 Å². The number of hydrogen-bond donors (Lipinski definition) is 1. The van der Waals surface area contributed by atoms with Crippen LogP contribution in [-0.4, -0.2) is 44.3 Å². The standard InChI is InChI=1S/C16H32N2O/c1-3-13-6-7-16(17)15(9-13)11-18(2)10-14-5-4-8-19-12-14/h13-16H,3-12,17H2,1-2H3. The molecule has 1 aliphatic carbocycles. The molecule has 2 N–H and O–H groups in total. The normalized spacial score (nSPS) is 36.6. The lowest BCUT2D eigenvalue weighted by Crippen LogP contribution is -2.43. The molecule has 0 spiro atoms. The molecule has 2 fully saturated rings. The smallest absolute Gasteiger partial charge is 0.0506 e. The van der Waals surface area contributed by atoms with Gasteiger partial charge in [0.1, 0.15) is 0 Å². The van der Waals surface area contributed by atoms with Crippen LogP contribution in [0.4, 0.5) is 0 Å². The van der Waals surface area contributed by atoms with Crippen molar-refractivity contribution in [2.45, 2.75) is 51.5 Å². The third-order valence-electron chi connectivity index (χ3n) is 5.10. The first kappa shape index (κ1) is 15.3. The maximum Gasteiger partial charge on any atom is 0.0506 e. The van der Waals surface area contributed by atoms with E-state index in [1.165, 1.54) is 51.6 Å². The Morgan fingerprint density at radius 2 is 2.00 bits per heavy atom. The van der Waals surface area contributed by atoms with Gasteiger partial charge in [-0.2, -0.15) is 0 Å². The van der Waals surface area contributed by atoms with Gasteiger partial charge >= 0.3 is 0 Å². The van der Waals surface area contributed by atoms with E-state index in [2.05, 4.69) is 18.9 Å². The van der Waals surface area contributed by atoms with Gasteiger partial charge in [-0.1, -0.05) is 13.3 Å².